The highest BCUT2D eigenvalue weighted by Gasteiger charge is 2.21. The molecule has 136 valence electrons. The third-order valence-electron chi connectivity index (χ3n) is 3.78. The fraction of sp³-hybridized carbons (Fsp3) is 0.222. The molecule has 7 nitrogen and oxygen atoms in total. The molecule has 0 saturated heterocycles. The number of carbonyl (C=O) groups excluding carboxylic acids is 2. The van der Waals surface area contributed by atoms with Crippen LogP contribution in [0.4, 0.5) is 5.69 Å². The highest BCUT2D eigenvalue weighted by atomic mass is 35.5. The van der Waals surface area contributed by atoms with Crippen molar-refractivity contribution in [2.24, 2.45) is 0 Å². The van der Waals surface area contributed by atoms with Crippen molar-refractivity contribution < 1.29 is 14.5 Å². The summed E-state index contributed by atoms with van der Waals surface area (Å²) < 4.78 is 0. The maximum Gasteiger partial charge on any atom is 0.270 e. The van der Waals surface area contributed by atoms with Gasteiger partial charge in [-0.15, -0.1) is 0 Å². The molecule has 2 aromatic carbocycles. The number of non-ortho nitro benzene ring substituents is 1. The van der Waals surface area contributed by atoms with Crippen LogP contribution in [0.3, 0.4) is 0 Å². The average molecular weight is 376 g/mol. The van der Waals surface area contributed by atoms with Gasteiger partial charge in [-0.05, 0) is 24.6 Å². The van der Waals surface area contributed by atoms with Crippen LogP contribution in [-0.2, 0) is 11.3 Å². The first-order valence-corrected chi connectivity index (χ1v) is 8.21. The molecule has 0 bridgehead atoms. The van der Waals surface area contributed by atoms with Crippen molar-refractivity contribution in [1.29, 1.82) is 0 Å². The van der Waals surface area contributed by atoms with Gasteiger partial charge in [-0.2, -0.15) is 0 Å². The Labute approximate surface area is 155 Å². The van der Waals surface area contributed by atoms with Gasteiger partial charge < -0.3 is 10.2 Å². The molecule has 2 rings (SSSR count). The smallest absolute Gasteiger partial charge is 0.270 e. The summed E-state index contributed by atoms with van der Waals surface area (Å²) in [6.45, 7) is 1.86. The lowest BCUT2D eigenvalue weighted by Gasteiger charge is -2.22. The zero-order valence-corrected chi connectivity index (χ0v) is 15.1. The molecule has 0 aliphatic carbocycles. The summed E-state index contributed by atoms with van der Waals surface area (Å²) in [5.74, 6) is -0.857. The van der Waals surface area contributed by atoms with Gasteiger partial charge in [0.05, 0.1) is 4.92 Å². The Morgan fingerprint density at radius 1 is 1.23 bits per heavy atom. The van der Waals surface area contributed by atoms with Gasteiger partial charge in [-0.25, -0.2) is 0 Å². The molecule has 1 atom stereocenters. The number of nitro benzene ring substituents is 1. The molecular weight excluding hydrogens is 358 g/mol. The van der Waals surface area contributed by atoms with Crippen molar-refractivity contribution in [2.75, 3.05) is 7.05 Å². The number of halogens is 1. The standard InChI is InChI=1S/C18H18ClN3O4/c1-12(18(24)21(2)11-14-6-3-4-9-16(14)19)20-17(23)13-7-5-8-15(10-13)22(25)26/h3-10,12H,11H2,1-2H3,(H,20,23). The number of likely N-dealkylation sites (N-methyl/N-ethyl adjacent to an activating group) is 1. The third kappa shape index (κ3) is 4.80. The van der Waals surface area contributed by atoms with E-state index in [0.717, 1.165) is 5.56 Å². The lowest BCUT2D eigenvalue weighted by atomic mass is 10.1. The van der Waals surface area contributed by atoms with Crippen LogP contribution in [0.5, 0.6) is 0 Å². The van der Waals surface area contributed by atoms with Crippen LogP contribution < -0.4 is 5.32 Å². The highest BCUT2D eigenvalue weighted by Crippen LogP contribution is 2.17. The van der Waals surface area contributed by atoms with Crippen LogP contribution in [-0.4, -0.2) is 34.7 Å². The molecule has 0 aliphatic rings. The van der Waals surface area contributed by atoms with Crippen molar-refractivity contribution in [3.63, 3.8) is 0 Å². The summed E-state index contributed by atoms with van der Waals surface area (Å²) in [5, 5.41) is 13.9. The van der Waals surface area contributed by atoms with E-state index in [9.17, 15) is 19.7 Å². The van der Waals surface area contributed by atoms with Crippen molar-refractivity contribution in [2.45, 2.75) is 19.5 Å². The number of nitrogens with one attached hydrogen (secondary N) is 1. The predicted octanol–water partition coefficient (Wildman–Crippen LogP) is 3.03. The van der Waals surface area contributed by atoms with E-state index in [1.807, 2.05) is 12.1 Å². The molecule has 0 saturated carbocycles. The number of carbonyl (C=O) groups is 2. The van der Waals surface area contributed by atoms with Crippen LogP contribution in [0.15, 0.2) is 48.5 Å². The maximum absolute atomic E-state index is 12.5. The first-order valence-electron chi connectivity index (χ1n) is 7.83. The number of nitrogens with zero attached hydrogens (tertiary/aromatic N) is 2. The summed E-state index contributed by atoms with van der Waals surface area (Å²) >= 11 is 6.09. The maximum atomic E-state index is 12.5. The van der Waals surface area contributed by atoms with Gasteiger partial charge in [0, 0.05) is 36.3 Å². The van der Waals surface area contributed by atoms with Crippen molar-refractivity contribution in [3.05, 3.63) is 74.8 Å². The first kappa shape index (κ1) is 19.4. The van der Waals surface area contributed by atoms with Crippen molar-refractivity contribution >= 4 is 29.1 Å². The molecule has 1 unspecified atom stereocenters. The summed E-state index contributed by atoms with van der Waals surface area (Å²) in [6, 6.07) is 11.7. The number of amides is 2. The van der Waals surface area contributed by atoms with Gasteiger partial charge in [0.2, 0.25) is 5.91 Å². The topological polar surface area (TPSA) is 92.5 Å². The van der Waals surface area contributed by atoms with E-state index in [4.69, 9.17) is 11.6 Å². The molecule has 26 heavy (non-hydrogen) atoms. The second-order valence-corrected chi connectivity index (χ2v) is 6.20. The minimum absolute atomic E-state index is 0.118. The quantitative estimate of drug-likeness (QED) is 0.620. The minimum Gasteiger partial charge on any atom is -0.341 e. The molecule has 0 heterocycles. The number of rotatable bonds is 6. The number of hydrogen-bond acceptors (Lipinski definition) is 4. The normalized spacial score (nSPS) is 11.5. The molecule has 1 N–H and O–H groups in total. The van der Waals surface area contributed by atoms with Crippen LogP contribution in [0.25, 0.3) is 0 Å². The van der Waals surface area contributed by atoms with Gasteiger partial charge in [0.25, 0.3) is 11.6 Å². The summed E-state index contributed by atoms with van der Waals surface area (Å²) in [7, 11) is 1.61. The fourth-order valence-corrected chi connectivity index (χ4v) is 2.59. The molecule has 2 amide bonds. The van der Waals surface area contributed by atoms with E-state index in [1.54, 1.807) is 26.1 Å². The Morgan fingerprint density at radius 2 is 1.92 bits per heavy atom. The van der Waals surface area contributed by atoms with Gasteiger partial charge in [0.15, 0.2) is 0 Å². The van der Waals surface area contributed by atoms with E-state index in [-0.39, 0.29) is 17.2 Å². The van der Waals surface area contributed by atoms with Gasteiger partial charge in [-0.1, -0.05) is 35.9 Å². The molecule has 0 spiro atoms. The van der Waals surface area contributed by atoms with Gasteiger partial charge in [0.1, 0.15) is 6.04 Å². The van der Waals surface area contributed by atoms with Crippen LogP contribution in [0.2, 0.25) is 5.02 Å². The van der Waals surface area contributed by atoms with Crippen LogP contribution in [0.1, 0.15) is 22.8 Å². The second-order valence-electron chi connectivity index (χ2n) is 5.79. The minimum atomic E-state index is -0.797. The summed E-state index contributed by atoms with van der Waals surface area (Å²) in [6.07, 6.45) is 0. The van der Waals surface area contributed by atoms with E-state index in [1.165, 1.54) is 29.2 Å². The Balaban J connectivity index is 2.02. The zero-order chi connectivity index (χ0) is 19.3. The lowest BCUT2D eigenvalue weighted by Crippen LogP contribution is -2.45. The molecule has 0 aliphatic heterocycles. The number of nitro groups is 1. The SMILES string of the molecule is CC(NC(=O)c1cccc([N+](=O)[O-])c1)C(=O)N(C)Cc1ccccc1Cl. The molecule has 0 aromatic heterocycles. The molecule has 0 fully saturated rings. The largest absolute Gasteiger partial charge is 0.341 e. The molecular formula is C18H18ClN3O4. The second kappa shape index (κ2) is 8.44. The average Bonchev–Trinajstić information content (AvgIpc) is 2.62. The summed E-state index contributed by atoms with van der Waals surface area (Å²) in [4.78, 5) is 36.4. The Hall–Kier alpha value is -2.93. The Kier molecular flexibility index (Phi) is 6.30. The zero-order valence-electron chi connectivity index (χ0n) is 14.3. The molecule has 8 heteroatoms. The number of benzene rings is 2. The summed E-state index contributed by atoms with van der Waals surface area (Å²) in [5.41, 5.74) is 0.724. The Morgan fingerprint density at radius 3 is 2.58 bits per heavy atom. The van der Waals surface area contributed by atoms with Gasteiger partial charge in [-0.3, -0.25) is 19.7 Å². The predicted molar refractivity (Wildman–Crippen MR) is 98.0 cm³/mol. The van der Waals surface area contributed by atoms with E-state index in [2.05, 4.69) is 5.32 Å². The lowest BCUT2D eigenvalue weighted by molar-refractivity contribution is -0.384. The highest BCUT2D eigenvalue weighted by molar-refractivity contribution is 6.31. The Bertz CT molecular complexity index is 841. The van der Waals surface area contributed by atoms with E-state index < -0.39 is 16.9 Å². The van der Waals surface area contributed by atoms with Crippen molar-refractivity contribution in [1.82, 2.24) is 10.2 Å². The van der Waals surface area contributed by atoms with E-state index in [0.29, 0.717) is 11.6 Å². The van der Waals surface area contributed by atoms with E-state index >= 15 is 0 Å². The number of hydrogen-bond donors (Lipinski definition) is 1. The van der Waals surface area contributed by atoms with Crippen LogP contribution >= 0.6 is 11.6 Å². The monoisotopic (exact) mass is 375 g/mol. The molecule has 2 aromatic rings. The van der Waals surface area contributed by atoms with Crippen molar-refractivity contribution in [3.8, 4) is 0 Å². The van der Waals surface area contributed by atoms with Crippen LogP contribution in [0, 0.1) is 10.1 Å². The first-order chi connectivity index (χ1) is 12.3. The molecule has 0 radical (unpaired) electrons. The van der Waals surface area contributed by atoms with Gasteiger partial charge >= 0.3 is 0 Å². The fourth-order valence-electron chi connectivity index (χ4n) is 2.39. The third-order valence-corrected chi connectivity index (χ3v) is 4.15.